The third-order valence-corrected chi connectivity index (χ3v) is 2.32. The molecule has 0 saturated carbocycles. The minimum absolute atomic E-state index is 0.0990. The summed E-state index contributed by atoms with van der Waals surface area (Å²) >= 11 is 0. The van der Waals surface area contributed by atoms with Gasteiger partial charge in [-0.25, -0.2) is 17.6 Å². The van der Waals surface area contributed by atoms with Gasteiger partial charge in [-0.2, -0.15) is 0 Å². The minimum Gasteiger partial charge on any atom is -0.204 e. The van der Waals surface area contributed by atoms with Gasteiger partial charge in [-0.3, -0.25) is 0 Å². The van der Waals surface area contributed by atoms with E-state index in [2.05, 4.69) is 0 Å². The fraction of sp³-hybridized carbons (Fsp3) is 0.143. The maximum atomic E-state index is 12.7. The second-order valence-corrected chi connectivity index (χ2v) is 3.02. The predicted molar refractivity (Wildman–Crippen MR) is 39.9 cm³/mol. The SMILES string of the molecule is Fc1cc(C[SiH3])c(F)c(F)c1F. The Hall–Kier alpha value is -0.843. The molecule has 66 valence electrons. The first-order valence-electron chi connectivity index (χ1n) is 3.39. The Kier molecular flexibility index (Phi) is 2.51. The molecule has 1 aromatic carbocycles. The van der Waals surface area contributed by atoms with Crippen LogP contribution in [-0.4, -0.2) is 10.2 Å². The number of halogens is 4. The summed E-state index contributed by atoms with van der Waals surface area (Å²) in [4.78, 5) is 0. The Morgan fingerprint density at radius 3 is 2.08 bits per heavy atom. The van der Waals surface area contributed by atoms with Crippen molar-refractivity contribution in [1.29, 1.82) is 0 Å². The van der Waals surface area contributed by atoms with Crippen LogP contribution in [0.2, 0.25) is 0 Å². The summed E-state index contributed by atoms with van der Waals surface area (Å²) in [6.45, 7) is 0. The molecule has 12 heavy (non-hydrogen) atoms. The molecule has 0 aromatic heterocycles. The van der Waals surface area contributed by atoms with E-state index in [4.69, 9.17) is 0 Å². The van der Waals surface area contributed by atoms with Gasteiger partial charge in [-0.1, -0.05) is 0 Å². The summed E-state index contributed by atoms with van der Waals surface area (Å²) in [6, 6.07) is 0.959. The van der Waals surface area contributed by atoms with Gasteiger partial charge in [-0.05, 0) is 17.7 Å². The van der Waals surface area contributed by atoms with Gasteiger partial charge in [0.05, 0.1) is 0 Å². The summed E-state index contributed by atoms with van der Waals surface area (Å²) in [7, 11) is 0.573. The van der Waals surface area contributed by atoms with E-state index in [1.807, 2.05) is 0 Å². The molecule has 5 heteroatoms. The van der Waals surface area contributed by atoms with Crippen LogP contribution in [0.1, 0.15) is 5.56 Å². The van der Waals surface area contributed by atoms with Gasteiger partial charge in [0.2, 0.25) is 0 Å². The van der Waals surface area contributed by atoms with Crippen molar-refractivity contribution in [2.24, 2.45) is 0 Å². The lowest BCUT2D eigenvalue weighted by atomic mass is 10.2. The molecule has 1 rings (SSSR count). The molecule has 0 aliphatic heterocycles. The molecular weight excluding hydrogens is 188 g/mol. The first-order chi connectivity index (χ1) is 5.57. The van der Waals surface area contributed by atoms with Crippen molar-refractivity contribution >= 4 is 10.2 Å². The van der Waals surface area contributed by atoms with E-state index in [0.717, 1.165) is 0 Å². The molecule has 0 nitrogen and oxygen atoms in total. The molecule has 0 atom stereocenters. The van der Waals surface area contributed by atoms with Crippen LogP contribution in [0.15, 0.2) is 6.07 Å². The lowest BCUT2D eigenvalue weighted by Gasteiger charge is -2.01. The predicted octanol–water partition coefficient (Wildman–Crippen LogP) is 1.11. The van der Waals surface area contributed by atoms with E-state index in [9.17, 15) is 17.6 Å². The van der Waals surface area contributed by atoms with Crippen LogP contribution >= 0.6 is 0 Å². The number of benzene rings is 1. The van der Waals surface area contributed by atoms with Gasteiger partial charge in [0.25, 0.3) is 0 Å². The van der Waals surface area contributed by atoms with Gasteiger partial charge < -0.3 is 0 Å². The van der Waals surface area contributed by atoms with Crippen molar-refractivity contribution in [2.45, 2.75) is 6.04 Å². The average molecular weight is 194 g/mol. The average Bonchev–Trinajstić information content (AvgIpc) is 2.08. The van der Waals surface area contributed by atoms with Crippen molar-refractivity contribution in [1.82, 2.24) is 0 Å². The van der Waals surface area contributed by atoms with Crippen LogP contribution in [0.25, 0.3) is 0 Å². The second-order valence-electron chi connectivity index (χ2n) is 2.31. The zero-order chi connectivity index (χ0) is 9.30. The van der Waals surface area contributed by atoms with Crippen molar-refractivity contribution in [3.63, 3.8) is 0 Å². The van der Waals surface area contributed by atoms with Crippen molar-refractivity contribution in [3.8, 4) is 0 Å². The molecule has 0 heterocycles. The van der Waals surface area contributed by atoms with E-state index in [1.54, 1.807) is 0 Å². The summed E-state index contributed by atoms with van der Waals surface area (Å²) in [5.41, 5.74) is -0.0990. The Bertz CT molecular complexity index is 311. The van der Waals surface area contributed by atoms with Gasteiger partial charge >= 0.3 is 0 Å². The summed E-state index contributed by atoms with van der Waals surface area (Å²) in [6.07, 6.45) is 0. The summed E-state index contributed by atoms with van der Waals surface area (Å²) < 4.78 is 49.9. The fourth-order valence-electron chi connectivity index (χ4n) is 0.879. The van der Waals surface area contributed by atoms with Crippen molar-refractivity contribution in [3.05, 3.63) is 34.9 Å². The summed E-state index contributed by atoms with van der Waals surface area (Å²) in [5.74, 6) is -6.07. The second kappa shape index (κ2) is 3.26. The van der Waals surface area contributed by atoms with Crippen LogP contribution < -0.4 is 0 Å². The molecule has 0 saturated heterocycles. The standard InChI is InChI=1S/C7H6F4Si/c8-4-1-3(2-12)5(9)7(11)6(4)10/h1H,2H2,12H3. The highest BCUT2D eigenvalue weighted by Gasteiger charge is 2.17. The van der Waals surface area contributed by atoms with E-state index < -0.39 is 23.3 Å². The smallest absolute Gasteiger partial charge is 0.197 e. The van der Waals surface area contributed by atoms with Crippen molar-refractivity contribution in [2.75, 3.05) is 0 Å². The topological polar surface area (TPSA) is 0 Å². The van der Waals surface area contributed by atoms with E-state index in [-0.39, 0.29) is 11.6 Å². The highest BCUT2D eigenvalue weighted by atomic mass is 28.1. The van der Waals surface area contributed by atoms with Crippen LogP contribution in [0.4, 0.5) is 17.6 Å². The zero-order valence-corrected chi connectivity index (χ0v) is 8.30. The monoisotopic (exact) mass is 194 g/mol. The molecule has 0 fully saturated rings. The number of rotatable bonds is 1. The van der Waals surface area contributed by atoms with Crippen molar-refractivity contribution < 1.29 is 17.6 Å². The van der Waals surface area contributed by atoms with Gasteiger partial charge in [-0.15, -0.1) is 0 Å². The molecule has 0 spiro atoms. The lowest BCUT2D eigenvalue weighted by molar-refractivity contribution is 0.405. The van der Waals surface area contributed by atoms with E-state index in [1.165, 1.54) is 0 Å². The third kappa shape index (κ3) is 1.36. The normalized spacial score (nSPS) is 10.7. The maximum absolute atomic E-state index is 12.7. The van der Waals surface area contributed by atoms with Gasteiger partial charge in [0.15, 0.2) is 23.3 Å². The molecule has 0 amide bonds. The Morgan fingerprint density at radius 1 is 1.00 bits per heavy atom. The maximum Gasteiger partial charge on any atom is 0.197 e. The van der Waals surface area contributed by atoms with Gasteiger partial charge in [0.1, 0.15) is 0 Å². The molecule has 0 radical (unpaired) electrons. The Morgan fingerprint density at radius 2 is 1.58 bits per heavy atom. The van der Waals surface area contributed by atoms with E-state index in [0.29, 0.717) is 16.3 Å². The zero-order valence-electron chi connectivity index (χ0n) is 6.30. The number of hydrogen-bond donors (Lipinski definition) is 0. The quantitative estimate of drug-likeness (QED) is 0.272. The lowest BCUT2D eigenvalue weighted by Crippen LogP contribution is -2.01. The van der Waals surface area contributed by atoms with Crippen LogP contribution in [0.3, 0.4) is 0 Å². The molecule has 0 N–H and O–H groups in total. The van der Waals surface area contributed by atoms with Crippen LogP contribution in [-0.2, 0) is 6.04 Å². The van der Waals surface area contributed by atoms with Crippen LogP contribution in [0, 0.1) is 23.3 Å². The molecule has 0 aliphatic carbocycles. The number of hydrogen-bond acceptors (Lipinski definition) is 0. The highest BCUT2D eigenvalue weighted by molar-refractivity contribution is 6.08. The fourth-order valence-corrected chi connectivity index (χ4v) is 1.39. The first-order valence-corrected chi connectivity index (χ1v) is 4.81. The minimum atomic E-state index is -1.74. The Balaban J connectivity index is 3.39. The summed E-state index contributed by atoms with van der Waals surface area (Å²) in [5, 5.41) is 0. The third-order valence-electron chi connectivity index (χ3n) is 1.56. The van der Waals surface area contributed by atoms with E-state index >= 15 is 0 Å². The molecule has 0 unspecified atom stereocenters. The highest BCUT2D eigenvalue weighted by Crippen LogP contribution is 2.18. The molecular formula is C7H6F4Si. The molecule has 1 aromatic rings. The largest absolute Gasteiger partial charge is 0.204 e. The Labute approximate surface area is 69.6 Å². The first kappa shape index (κ1) is 9.25. The molecule has 0 aliphatic rings. The van der Waals surface area contributed by atoms with Gasteiger partial charge in [0, 0.05) is 10.2 Å². The molecule has 0 bridgehead atoms. The van der Waals surface area contributed by atoms with Crippen LogP contribution in [0.5, 0.6) is 0 Å².